The number of rotatable bonds is 4. The molecule has 0 saturated heterocycles. The van der Waals surface area contributed by atoms with Crippen LogP contribution < -0.4 is 10.6 Å². The van der Waals surface area contributed by atoms with Crippen LogP contribution in [0, 0.1) is 0 Å². The van der Waals surface area contributed by atoms with Crippen molar-refractivity contribution in [2.75, 3.05) is 10.6 Å². The molecular formula is C23H20N2O2. The number of nitrogens with one attached hydrogen (secondary N) is 2. The number of hydrogen-bond acceptors (Lipinski definition) is 2. The van der Waals surface area contributed by atoms with Crippen molar-refractivity contribution in [3.8, 4) is 11.1 Å². The Labute approximate surface area is 158 Å². The second kappa shape index (κ2) is 7.08. The highest BCUT2D eigenvalue weighted by atomic mass is 16.2. The van der Waals surface area contributed by atoms with E-state index in [1.165, 1.54) is 29.2 Å². The molecule has 0 heterocycles. The second-order valence-electron chi connectivity index (χ2n) is 6.81. The molecule has 3 aromatic carbocycles. The summed E-state index contributed by atoms with van der Waals surface area (Å²) in [6.07, 6.45) is 1.19. The molecule has 4 heteroatoms. The standard InChI is InChI=1S/C23H20N2O2/c1-15(26)24-19-8-6-16(7-9-19)12-23(27)25-20-10-11-22-18(14-20)13-17-4-2-3-5-21(17)22/h2-11,14H,12-13H2,1H3,(H,24,26)(H,25,27). The zero-order valence-electron chi connectivity index (χ0n) is 15.1. The lowest BCUT2D eigenvalue weighted by atomic mass is 10.1. The first-order valence-electron chi connectivity index (χ1n) is 8.96. The van der Waals surface area contributed by atoms with Gasteiger partial charge in [-0.25, -0.2) is 0 Å². The van der Waals surface area contributed by atoms with Gasteiger partial charge in [-0.1, -0.05) is 42.5 Å². The van der Waals surface area contributed by atoms with Crippen LogP contribution in [0.15, 0.2) is 66.7 Å². The van der Waals surface area contributed by atoms with E-state index >= 15 is 0 Å². The summed E-state index contributed by atoms with van der Waals surface area (Å²) >= 11 is 0. The zero-order chi connectivity index (χ0) is 18.8. The van der Waals surface area contributed by atoms with Crippen LogP contribution in [0.5, 0.6) is 0 Å². The van der Waals surface area contributed by atoms with Crippen LogP contribution in [0.25, 0.3) is 11.1 Å². The maximum atomic E-state index is 12.4. The van der Waals surface area contributed by atoms with Crippen LogP contribution in [0.3, 0.4) is 0 Å². The Balaban J connectivity index is 1.42. The number of hydrogen-bond donors (Lipinski definition) is 2. The first-order valence-corrected chi connectivity index (χ1v) is 8.96. The highest BCUT2D eigenvalue weighted by Crippen LogP contribution is 2.37. The maximum Gasteiger partial charge on any atom is 0.228 e. The van der Waals surface area contributed by atoms with Gasteiger partial charge in [0, 0.05) is 18.3 Å². The normalized spacial score (nSPS) is 11.4. The Bertz CT molecular complexity index is 1020. The summed E-state index contributed by atoms with van der Waals surface area (Å²) in [5.74, 6) is -0.169. The van der Waals surface area contributed by atoms with Crippen molar-refractivity contribution in [3.63, 3.8) is 0 Å². The van der Waals surface area contributed by atoms with Crippen molar-refractivity contribution in [1.82, 2.24) is 0 Å². The quantitative estimate of drug-likeness (QED) is 0.569. The molecule has 0 spiro atoms. The molecule has 0 aromatic heterocycles. The van der Waals surface area contributed by atoms with Gasteiger partial charge in [0.25, 0.3) is 0 Å². The SMILES string of the molecule is CC(=O)Nc1ccc(CC(=O)Nc2ccc3c(c2)Cc2ccccc2-3)cc1. The van der Waals surface area contributed by atoms with Gasteiger partial charge in [-0.15, -0.1) is 0 Å². The zero-order valence-corrected chi connectivity index (χ0v) is 15.1. The molecule has 0 bridgehead atoms. The Kier molecular flexibility index (Phi) is 4.47. The number of benzene rings is 3. The predicted octanol–water partition coefficient (Wildman–Crippen LogP) is 4.40. The third kappa shape index (κ3) is 3.75. The summed E-state index contributed by atoms with van der Waals surface area (Å²) in [6.45, 7) is 1.47. The Morgan fingerprint density at radius 2 is 1.52 bits per heavy atom. The van der Waals surface area contributed by atoms with Crippen LogP contribution in [0.1, 0.15) is 23.6 Å². The number of carbonyl (C=O) groups is 2. The predicted molar refractivity (Wildman–Crippen MR) is 108 cm³/mol. The van der Waals surface area contributed by atoms with Crippen molar-refractivity contribution < 1.29 is 9.59 Å². The van der Waals surface area contributed by atoms with E-state index in [9.17, 15) is 9.59 Å². The number of carbonyl (C=O) groups excluding carboxylic acids is 2. The number of amides is 2. The van der Waals surface area contributed by atoms with Crippen LogP contribution in [0.2, 0.25) is 0 Å². The molecule has 0 atom stereocenters. The van der Waals surface area contributed by atoms with Crippen LogP contribution in [-0.4, -0.2) is 11.8 Å². The van der Waals surface area contributed by atoms with Gasteiger partial charge in [-0.05, 0) is 58.5 Å². The minimum atomic E-state index is -0.112. The molecule has 0 fully saturated rings. The van der Waals surface area contributed by atoms with Gasteiger partial charge >= 0.3 is 0 Å². The molecule has 4 rings (SSSR count). The summed E-state index contributed by atoms with van der Waals surface area (Å²) < 4.78 is 0. The van der Waals surface area contributed by atoms with Crippen LogP contribution in [-0.2, 0) is 22.4 Å². The molecule has 3 aromatic rings. The highest BCUT2D eigenvalue weighted by Gasteiger charge is 2.18. The molecule has 2 N–H and O–H groups in total. The van der Waals surface area contributed by atoms with Gasteiger partial charge in [-0.2, -0.15) is 0 Å². The fraction of sp³-hybridized carbons (Fsp3) is 0.130. The Morgan fingerprint density at radius 3 is 2.30 bits per heavy atom. The lowest BCUT2D eigenvalue weighted by Gasteiger charge is -2.08. The smallest absolute Gasteiger partial charge is 0.228 e. The average Bonchev–Trinajstić information content (AvgIpc) is 3.00. The first-order chi connectivity index (χ1) is 13.1. The van der Waals surface area contributed by atoms with Crippen LogP contribution >= 0.6 is 0 Å². The fourth-order valence-corrected chi connectivity index (χ4v) is 3.52. The fourth-order valence-electron chi connectivity index (χ4n) is 3.52. The highest BCUT2D eigenvalue weighted by molar-refractivity contribution is 5.93. The molecule has 2 amide bonds. The van der Waals surface area contributed by atoms with Crippen molar-refractivity contribution in [1.29, 1.82) is 0 Å². The monoisotopic (exact) mass is 356 g/mol. The molecule has 0 saturated carbocycles. The summed E-state index contributed by atoms with van der Waals surface area (Å²) in [5, 5.41) is 5.70. The van der Waals surface area contributed by atoms with Crippen LogP contribution in [0.4, 0.5) is 11.4 Å². The molecule has 0 unspecified atom stereocenters. The van der Waals surface area contributed by atoms with Crippen molar-refractivity contribution in [3.05, 3.63) is 83.4 Å². The van der Waals surface area contributed by atoms with E-state index in [0.717, 1.165) is 23.4 Å². The molecule has 134 valence electrons. The van der Waals surface area contributed by atoms with Gasteiger partial charge in [0.1, 0.15) is 0 Å². The lowest BCUT2D eigenvalue weighted by Crippen LogP contribution is -2.14. The minimum Gasteiger partial charge on any atom is -0.326 e. The molecular weight excluding hydrogens is 336 g/mol. The summed E-state index contributed by atoms with van der Waals surface area (Å²) in [5.41, 5.74) is 7.55. The van der Waals surface area contributed by atoms with E-state index in [4.69, 9.17) is 0 Å². The van der Waals surface area contributed by atoms with E-state index in [1.807, 2.05) is 18.2 Å². The molecule has 1 aliphatic rings. The number of anilines is 2. The topological polar surface area (TPSA) is 58.2 Å². The van der Waals surface area contributed by atoms with E-state index in [2.05, 4.69) is 47.0 Å². The van der Waals surface area contributed by atoms with E-state index < -0.39 is 0 Å². The minimum absolute atomic E-state index is 0.0576. The second-order valence-corrected chi connectivity index (χ2v) is 6.81. The number of fused-ring (bicyclic) bond motifs is 3. The molecule has 0 aliphatic heterocycles. The van der Waals surface area contributed by atoms with E-state index in [0.29, 0.717) is 0 Å². The Morgan fingerprint density at radius 1 is 0.815 bits per heavy atom. The van der Waals surface area contributed by atoms with Crippen molar-refractivity contribution in [2.45, 2.75) is 19.8 Å². The van der Waals surface area contributed by atoms with E-state index in [1.54, 1.807) is 12.1 Å². The lowest BCUT2D eigenvalue weighted by molar-refractivity contribution is -0.116. The summed E-state index contributed by atoms with van der Waals surface area (Å²) in [6, 6.07) is 21.8. The van der Waals surface area contributed by atoms with Crippen molar-refractivity contribution >= 4 is 23.2 Å². The largest absolute Gasteiger partial charge is 0.326 e. The third-order valence-electron chi connectivity index (χ3n) is 4.72. The molecule has 0 radical (unpaired) electrons. The third-order valence-corrected chi connectivity index (χ3v) is 4.72. The molecule has 27 heavy (non-hydrogen) atoms. The molecule has 4 nitrogen and oxygen atoms in total. The van der Waals surface area contributed by atoms with E-state index in [-0.39, 0.29) is 18.2 Å². The van der Waals surface area contributed by atoms with Crippen molar-refractivity contribution in [2.24, 2.45) is 0 Å². The Hall–Kier alpha value is -3.40. The first kappa shape index (κ1) is 17.0. The van der Waals surface area contributed by atoms with Gasteiger partial charge < -0.3 is 10.6 Å². The summed E-state index contributed by atoms with van der Waals surface area (Å²) in [7, 11) is 0. The summed E-state index contributed by atoms with van der Waals surface area (Å²) in [4.78, 5) is 23.4. The van der Waals surface area contributed by atoms with Gasteiger partial charge in [0.05, 0.1) is 6.42 Å². The van der Waals surface area contributed by atoms with Gasteiger partial charge in [-0.3, -0.25) is 9.59 Å². The molecule has 1 aliphatic carbocycles. The van der Waals surface area contributed by atoms with Gasteiger partial charge in [0.15, 0.2) is 0 Å². The van der Waals surface area contributed by atoms with Gasteiger partial charge in [0.2, 0.25) is 11.8 Å². The average molecular weight is 356 g/mol. The maximum absolute atomic E-state index is 12.4.